The Morgan fingerprint density at radius 2 is 2.24 bits per heavy atom. The molecule has 0 saturated carbocycles. The van der Waals surface area contributed by atoms with Gasteiger partial charge < -0.3 is 14.9 Å². The van der Waals surface area contributed by atoms with Gasteiger partial charge in [-0.25, -0.2) is 0 Å². The van der Waals surface area contributed by atoms with Gasteiger partial charge in [0, 0.05) is 29.7 Å². The second kappa shape index (κ2) is 6.12. The lowest BCUT2D eigenvalue weighted by Crippen LogP contribution is -2.33. The van der Waals surface area contributed by atoms with E-state index < -0.39 is 11.4 Å². The lowest BCUT2D eigenvalue weighted by Gasteiger charge is -2.23. The Morgan fingerprint density at radius 1 is 1.52 bits per heavy atom. The molecule has 0 aliphatic carbocycles. The number of methoxy groups -OCH3 is 1. The van der Waals surface area contributed by atoms with Gasteiger partial charge in [0.05, 0.1) is 12.5 Å². The van der Waals surface area contributed by atoms with Crippen LogP contribution in [0.3, 0.4) is 0 Å². The molecule has 1 aliphatic rings. The van der Waals surface area contributed by atoms with Gasteiger partial charge in [0.25, 0.3) is 0 Å². The molecule has 0 amide bonds. The lowest BCUT2D eigenvalue weighted by molar-refractivity contribution is -0.148. The molecular formula is C15H20ClNO4. The molecule has 0 spiro atoms. The number of phenols is 1. The molecule has 1 aliphatic heterocycles. The standard InChI is InChI=1S/C15H20ClNO4/c1-3-15(14(19)20)4-5-17(9-15)8-10-6-11(16)7-12(21-2)13(10)18/h6-7,18H,3-5,8-9H2,1-2H3,(H,19,20). The molecule has 1 aromatic rings. The van der Waals surface area contributed by atoms with Crippen LogP contribution < -0.4 is 4.74 Å². The van der Waals surface area contributed by atoms with E-state index in [-0.39, 0.29) is 5.75 Å². The summed E-state index contributed by atoms with van der Waals surface area (Å²) in [4.78, 5) is 13.5. The molecular weight excluding hydrogens is 294 g/mol. The van der Waals surface area contributed by atoms with Crippen LogP contribution in [0.4, 0.5) is 0 Å². The highest BCUT2D eigenvalue weighted by molar-refractivity contribution is 6.30. The van der Waals surface area contributed by atoms with Crippen molar-refractivity contribution >= 4 is 17.6 Å². The van der Waals surface area contributed by atoms with E-state index in [0.29, 0.717) is 48.8 Å². The summed E-state index contributed by atoms with van der Waals surface area (Å²) >= 11 is 6.02. The van der Waals surface area contributed by atoms with Crippen molar-refractivity contribution in [2.75, 3.05) is 20.2 Å². The molecule has 116 valence electrons. The number of ether oxygens (including phenoxy) is 1. The number of nitrogens with zero attached hydrogens (tertiary/aromatic N) is 1. The molecule has 2 rings (SSSR count). The maximum absolute atomic E-state index is 11.5. The first-order valence-electron chi connectivity index (χ1n) is 6.93. The predicted octanol–water partition coefficient (Wildman–Crippen LogP) is 2.74. The summed E-state index contributed by atoms with van der Waals surface area (Å²) in [5.41, 5.74) is -0.0326. The summed E-state index contributed by atoms with van der Waals surface area (Å²) in [6, 6.07) is 3.24. The van der Waals surface area contributed by atoms with E-state index >= 15 is 0 Å². The van der Waals surface area contributed by atoms with Crippen molar-refractivity contribution in [2.24, 2.45) is 5.41 Å². The molecule has 21 heavy (non-hydrogen) atoms. The predicted molar refractivity (Wildman–Crippen MR) is 79.9 cm³/mol. The molecule has 1 fully saturated rings. The largest absolute Gasteiger partial charge is 0.504 e. The Hall–Kier alpha value is -1.46. The topological polar surface area (TPSA) is 70.0 Å². The molecule has 2 N–H and O–H groups in total. The second-order valence-corrected chi connectivity index (χ2v) is 5.95. The maximum atomic E-state index is 11.5. The Bertz CT molecular complexity index is 549. The summed E-state index contributed by atoms with van der Waals surface area (Å²) in [5, 5.41) is 20.0. The van der Waals surface area contributed by atoms with E-state index in [4.69, 9.17) is 16.3 Å². The van der Waals surface area contributed by atoms with Crippen molar-refractivity contribution in [3.8, 4) is 11.5 Å². The first kappa shape index (κ1) is 15.9. The number of rotatable bonds is 5. The number of halogens is 1. The van der Waals surface area contributed by atoms with Gasteiger partial charge >= 0.3 is 5.97 Å². The Labute approximate surface area is 129 Å². The van der Waals surface area contributed by atoms with E-state index in [0.717, 1.165) is 0 Å². The minimum Gasteiger partial charge on any atom is -0.504 e. The molecule has 1 aromatic carbocycles. The van der Waals surface area contributed by atoms with Gasteiger partial charge in [0.1, 0.15) is 0 Å². The Kier molecular flexibility index (Phi) is 4.64. The molecule has 0 bridgehead atoms. The molecule has 0 radical (unpaired) electrons. The van der Waals surface area contributed by atoms with Crippen LogP contribution in [0.15, 0.2) is 12.1 Å². The van der Waals surface area contributed by atoms with Crippen molar-refractivity contribution < 1.29 is 19.7 Å². The molecule has 5 nitrogen and oxygen atoms in total. The van der Waals surface area contributed by atoms with Crippen molar-refractivity contribution in [1.82, 2.24) is 4.90 Å². The number of likely N-dealkylation sites (tertiary alicyclic amines) is 1. The smallest absolute Gasteiger partial charge is 0.310 e. The summed E-state index contributed by atoms with van der Waals surface area (Å²) in [6.45, 7) is 3.52. The first-order valence-corrected chi connectivity index (χ1v) is 7.31. The van der Waals surface area contributed by atoms with Crippen LogP contribution >= 0.6 is 11.6 Å². The number of aromatic hydroxyl groups is 1. The van der Waals surface area contributed by atoms with E-state index in [1.807, 2.05) is 11.8 Å². The molecule has 1 heterocycles. The van der Waals surface area contributed by atoms with E-state index in [9.17, 15) is 15.0 Å². The monoisotopic (exact) mass is 313 g/mol. The van der Waals surface area contributed by atoms with Gasteiger partial charge in [0.2, 0.25) is 0 Å². The average molecular weight is 314 g/mol. The number of benzene rings is 1. The Morgan fingerprint density at radius 3 is 2.76 bits per heavy atom. The fraction of sp³-hybridized carbons (Fsp3) is 0.533. The number of carboxylic acid groups (broad SMARTS) is 1. The molecule has 6 heteroatoms. The van der Waals surface area contributed by atoms with E-state index in [2.05, 4.69) is 0 Å². The van der Waals surface area contributed by atoms with Gasteiger partial charge in [-0.05, 0) is 25.5 Å². The van der Waals surface area contributed by atoms with Gasteiger partial charge in [-0.2, -0.15) is 0 Å². The SMILES string of the molecule is CCC1(C(=O)O)CCN(Cc2cc(Cl)cc(OC)c2O)C1. The van der Waals surface area contributed by atoms with Crippen LogP contribution in [0.2, 0.25) is 5.02 Å². The highest BCUT2D eigenvalue weighted by Gasteiger charge is 2.43. The lowest BCUT2D eigenvalue weighted by atomic mass is 9.84. The van der Waals surface area contributed by atoms with Crippen molar-refractivity contribution in [2.45, 2.75) is 26.3 Å². The zero-order valence-electron chi connectivity index (χ0n) is 12.2. The zero-order chi connectivity index (χ0) is 15.6. The molecule has 1 atom stereocenters. The fourth-order valence-electron chi connectivity index (χ4n) is 2.85. The van der Waals surface area contributed by atoms with Crippen LogP contribution in [0.25, 0.3) is 0 Å². The number of hydrogen-bond donors (Lipinski definition) is 2. The molecule has 1 saturated heterocycles. The van der Waals surface area contributed by atoms with Crippen LogP contribution in [0, 0.1) is 5.41 Å². The van der Waals surface area contributed by atoms with Crippen LogP contribution in [-0.4, -0.2) is 41.3 Å². The minimum absolute atomic E-state index is 0.0613. The molecule has 1 unspecified atom stereocenters. The number of hydrogen-bond acceptors (Lipinski definition) is 4. The molecule has 0 aromatic heterocycles. The summed E-state index contributed by atoms with van der Waals surface area (Å²) in [6.07, 6.45) is 1.22. The van der Waals surface area contributed by atoms with Crippen LogP contribution in [0.1, 0.15) is 25.3 Å². The number of carboxylic acids is 1. The number of aliphatic carboxylic acids is 1. The third-order valence-corrected chi connectivity index (χ3v) is 4.51. The van der Waals surface area contributed by atoms with Crippen molar-refractivity contribution in [1.29, 1.82) is 0 Å². The summed E-state index contributed by atoms with van der Waals surface area (Å²) < 4.78 is 5.08. The maximum Gasteiger partial charge on any atom is 0.310 e. The number of phenolic OH excluding ortho intramolecular Hbond substituents is 1. The third-order valence-electron chi connectivity index (χ3n) is 4.30. The minimum atomic E-state index is -0.750. The van der Waals surface area contributed by atoms with Gasteiger partial charge in [0.15, 0.2) is 11.5 Å². The van der Waals surface area contributed by atoms with Gasteiger partial charge in [-0.1, -0.05) is 18.5 Å². The zero-order valence-corrected chi connectivity index (χ0v) is 13.0. The van der Waals surface area contributed by atoms with Crippen LogP contribution in [0.5, 0.6) is 11.5 Å². The number of carbonyl (C=O) groups is 1. The quantitative estimate of drug-likeness (QED) is 0.874. The normalized spacial score (nSPS) is 22.4. The fourth-order valence-corrected chi connectivity index (χ4v) is 3.08. The van der Waals surface area contributed by atoms with Crippen molar-refractivity contribution in [3.05, 3.63) is 22.7 Å². The van der Waals surface area contributed by atoms with E-state index in [1.54, 1.807) is 12.1 Å². The van der Waals surface area contributed by atoms with Gasteiger partial charge in [-0.15, -0.1) is 0 Å². The Balaban J connectivity index is 2.17. The second-order valence-electron chi connectivity index (χ2n) is 5.52. The summed E-state index contributed by atoms with van der Waals surface area (Å²) in [7, 11) is 1.47. The van der Waals surface area contributed by atoms with Crippen LogP contribution in [-0.2, 0) is 11.3 Å². The van der Waals surface area contributed by atoms with Crippen molar-refractivity contribution in [3.63, 3.8) is 0 Å². The third kappa shape index (κ3) is 3.09. The first-order chi connectivity index (χ1) is 9.91. The van der Waals surface area contributed by atoms with Gasteiger partial charge in [-0.3, -0.25) is 9.69 Å². The average Bonchev–Trinajstić information content (AvgIpc) is 2.87. The highest BCUT2D eigenvalue weighted by atomic mass is 35.5. The summed E-state index contributed by atoms with van der Waals surface area (Å²) in [5.74, 6) is -0.358. The van der Waals surface area contributed by atoms with E-state index in [1.165, 1.54) is 7.11 Å². The highest BCUT2D eigenvalue weighted by Crippen LogP contribution is 2.38.